The highest BCUT2D eigenvalue weighted by molar-refractivity contribution is 5.90. The lowest BCUT2D eigenvalue weighted by molar-refractivity contribution is -0.145. The van der Waals surface area contributed by atoms with E-state index in [2.05, 4.69) is 18.7 Å². The molecule has 3 aliphatic heterocycles. The van der Waals surface area contributed by atoms with Gasteiger partial charge in [0.05, 0.1) is 24.2 Å². The molecule has 174 valence electrons. The molecule has 1 atom stereocenters. The van der Waals surface area contributed by atoms with E-state index >= 15 is 0 Å². The molecule has 3 saturated heterocycles. The zero-order valence-electron chi connectivity index (χ0n) is 19.0. The molecule has 3 fully saturated rings. The van der Waals surface area contributed by atoms with Crippen LogP contribution in [0.2, 0.25) is 0 Å². The van der Waals surface area contributed by atoms with Crippen LogP contribution in [0, 0.1) is 0 Å². The summed E-state index contributed by atoms with van der Waals surface area (Å²) < 4.78 is 11.9. The normalized spacial score (nSPS) is 24.2. The fourth-order valence-corrected chi connectivity index (χ4v) is 5.33. The molecule has 1 aromatic carbocycles. The molecule has 0 spiro atoms. The first-order valence-electron chi connectivity index (χ1n) is 12.1. The van der Waals surface area contributed by atoms with E-state index in [0.717, 1.165) is 50.9 Å². The number of carbonyl (C=O) groups is 2. The molecular weight excluding hydrogens is 404 g/mol. The number of piperidine rings is 2. The maximum atomic E-state index is 13.9. The first kappa shape index (κ1) is 23.0. The highest BCUT2D eigenvalue weighted by Gasteiger charge is 2.46. The van der Waals surface area contributed by atoms with Crippen LogP contribution in [0.1, 0.15) is 50.5 Å². The third-order valence-electron chi connectivity index (χ3n) is 7.36. The second-order valence-corrected chi connectivity index (χ2v) is 9.29. The molecule has 3 aliphatic rings. The second-order valence-electron chi connectivity index (χ2n) is 9.29. The Kier molecular flexibility index (Phi) is 7.63. The first-order chi connectivity index (χ1) is 15.6. The molecule has 0 aliphatic carbocycles. The number of amides is 2. The fraction of sp³-hybridized carbons (Fsp3) is 0.615. The van der Waals surface area contributed by atoms with Crippen molar-refractivity contribution in [2.24, 2.45) is 0 Å². The van der Waals surface area contributed by atoms with E-state index in [9.17, 15) is 9.59 Å². The molecule has 0 bridgehead atoms. The van der Waals surface area contributed by atoms with Crippen LogP contribution in [-0.4, -0.2) is 73.2 Å². The van der Waals surface area contributed by atoms with Crippen molar-refractivity contribution in [3.8, 4) is 0 Å². The van der Waals surface area contributed by atoms with Crippen molar-refractivity contribution in [3.63, 3.8) is 0 Å². The van der Waals surface area contributed by atoms with Crippen LogP contribution >= 0.6 is 0 Å². The molecule has 1 aromatic rings. The van der Waals surface area contributed by atoms with Crippen LogP contribution in [0.3, 0.4) is 0 Å². The Morgan fingerprint density at radius 1 is 1.03 bits per heavy atom. The minimum absolute atomic E-state index is 0.0565. The lowest BCUT2D eigenvalue weighted by Crippen LogP contribution is -2.55. The Labute approximate surface area is 191 Å². The molecule has 2 amide bonds. The SMILES string of the molecule is C=CC(=O)N1CCC(C(=O)N2CCC(OCC3CCCCO3)CC2)(c2ccccc2)CC1. The molecular formula is C26H36N2O4. The van der Waals surface area contributed by atoms with Gasteiger partial charge >= 0.3 is 0 Å². The van der Waals surface area contributed by atoms with Crippen molar-refractivity contribution >= 4 is 11.8 Å². The van der Waals surface area contributed by atoms with Gasteiger partial charge in [-0.1, -0.05) is 36.9 Å². The van der Waals surface area contributed by atoms with E-state index < -0.39 is 5.41 Å². The van der Waals surface area contributed by atoms with Gasteiger partial charge in [0.2, 0.25) is 11.8 Å². The zero-order chi connectivity index (χ0) is 22.4. The van der Waals surface area contributed by atoms with E-state index in [1.165, 1.54) is 12.5 Å². The largest absolute Gasteiger partial charge is 0.376 e. The summed E-state index contributed by atoms with van der Waals surface area (Å²) in [5.74, 6) is 0.141. The Morgan fingerprint density at radius 3 is 2.38 bits per heavy atom. The van der Waals surface area contributed by atoms with Gasteiger partial charge in [0.1, 0.15) is 0 Å². The summed E-state index contributed by atoms with van der Waals surface area (Å²) in [5, 5.41) is 0. The minimum Gasteiger partial charge on any atom is -0.376 e. The average Bonchev–Trinajstić information content (AvgIpc) is 2.88. The molecule has 0 saturated carbocycles. The second kappa shape index (κ2) is 10.6. The molecule has 3 heterocycles. The van der Waals surface area contributed by atoms with Gasteiger partial charge in [0, 0.05) is 32.8 Å². The standard InChI is InChI=1S/C26H36N2O4/c1-2-24(29)27-17-13-26(14-18-27,21-8-4-3-5-9-21)25(30)28-15-11-22(12-16-28)32-20-23-10-6-7-19-31-23/h2-5,8-9,22-23H,1,6-7,10-20H2. The van der Waals surface area contributed by atoms with Gasteiger partial charge in [-0.25, -0.2) is 0 Å². The van der Waals surface area contributed by atoms with Crippen molar-refractivity contribution in [3.05, 3.63) is 48.6 Å². The summed E-state index contributed by atoms with van der Waals surface area (Å²) in [7, 11) is 0. The van der Waals surface area contributed by atoms with Crippen molar-refractivity contribution in [1.82, 2.24) is 9.80 Å². The average molecular weight is 441 g/mol. The number of likely N-dealkylation sites (tertiary alicyclic amines) is 2. The zero-order valence-corrected chi connectivity index (χ0v) is 19.0. The molecule has 4 rings (SSSR count). The van der Waals surface area contributed by atoms with Crippen LogP contribution in [0.15, 0.2) is 43.0 Å². The van der Waals surface area contributed by atoms with E-state index in [-0.39, 0.29) is 24.0 Å². The quantitative estimate of drug-likeness (QED) is 0.637. The molecule has 0 N–H and O–H groups in total. The monoisotopic (exact) mass is 440 g/mol. The summed E-state index contributed by atoms with van der Waals surface area (Å²) in [6.45, 7) is 7.71. The summed E-state index contributed by atoms with van der Waals surface area (Å²) in [4.78, 5) is 29.8. The summed E-state index contributed by atoms with van der Waals surface area (Å²) >= 11 is 0. The number of nitrogens with zero attached hydrogens (tertiary/aromatic N) is 2. The van der Waals surface area contributed by atoms with Crippen LogP contribution in [-0.2, 0) is 24.5 Å². The number of ether oxygens (including phenoxy) is 2. The molecule has 32 heavy (non-hydrogen) atoms. The van der Waals surface area contributed by atoms with Crippen molar-refractivity contribution < 1.29 is 19.1 Å². The minimum atomic E-state index is -0.567. The maximum Gasteiger partial charge on any atom is 0.245 e. The number of hydrogen-bond acceptors (Lipinski definition) is 4. The molecule has 6 nitrogen and oxygen atoms in total. The van der Waals surface area contributed by atoms with Gasteiger partial charge in [-0.15, -0.1) is 0 Å². The van der Waals surface area contributed by atoms with E-state index in [0.29, 0.717) is 32.5 Å². The lowest BCUT2D eigenvalue weighted by Gasteiger charge is -2.45. The first-order valence-corrected chi connectivity index (χ1v) is 12.1. The van der Waals surface area contributed by atoms with Crippen LogP contribution < -0.4 is 0 Å². The Balaban J connectivity index is 1.38. The maximum absolute atomic E-state index is 13.9. The summed E-state index contributed by atoms with van der Waals surface area (Å²) in [6.07, 6.45) is 8.27. The van der Waals surface area contributed by atoms with Gasteiger partial charge in [0.25, 0.3) is 0 Å². The molecule has 0 radical (unpaired) electrons. The van der Waals surface area contributed by atoms with E-state index in [4.69, 9.17) is 9.47 Å². The number of benzene rings is 1. The number of carbonyl (C=O) groups excluding carboxylic acids is 2. The van der Waals surface area contributed by atoms with Crippen molar-refractivity contribution in [1.29, 1.82) is 0 Å². The number of hydrogen-bond donors (Lipinski definition) is 0. The third-order valence-corrected chi connectivity index (χ3v) is 7.36. The Bertz CT molecular complexity index is 774. The van der Waals surface area contributed by atoms with Gasteiger partial charge in [0.15, 0.2) is 0 Å². The van der Waals surface area contributed by atoms with E-state index in [1.807, 2.05) is 23.1 Å². The van der Waals surface area contributed by atoms with E-state index in [1.54, 1.807) is 4.90 Å². The van der Waals surface area contributed by atoms with Crippen molar-refractivity contribution in [2.75, 3.05) is 39.4 Å². The van der Waals surface area contributed by atoms with Gasteiger partial charge in [-0.3, -0.25) is 9.59 Å². The Hall–Kier alpha value is -2.18. The van der Waals surface area contributed by atoms with Gasteiger partial charge < -0.3 is 19.3 Å². The molecule has 0 aromatic heterocycles. The van der Waals surface area contributed by atoms with Crippen LogP contribution in [0.5, 0.6) is 0 Å². The summed E-state index contributed by atoms with van der Waals surface area (Å²) in [5.41, 5.74) is 0.492. The fourth-order valence-electron chi connectivity index (χ4n) is 5.33. The smallest absolute Gasteiger partial charge is 0.245 e. The highest BCUT2D eigenvalue weighted by Crippen LogP contribution is 2.38. The third kappa shape index (κ3) is 5.07. The molecule has 6 heteroatoms. The van der Waals surface area contributed by atoms with Crippen LogP contribution in [0.25, 0.3) is 0 Å². The molecule has 1 unspecified atom stereocenters. The predicted octanol–water partition coefficient (Wildman–Crippen LogP) is 3.31. The predicted molar refractivity (Wildman–Crippen MR) is 123 cm³/mol. The van der Waals surface area contributed by atoms with Crippen molar-refractivity contribution in [2.45, 2.75) is 62.6 Å². The summed E-state index contributed by atoms with van der Waals surface area (Å²) in [6, 6.07) is 10.1. The lowest BCUT2D eigenvalue weighted by atomic mass is 9.71. The Morgan fingerprint density at radius 2 is 1.75 bits per heavy atom. The van der Waals surface area contributed by atoms with Gasteiger partial charge in [-0.05, 0) is 56.6 Å². The van der Waals surface area contributed by atoms with Crippen LogP contribution in [0.4, 0.5) is 0 Å². The van der Waals surface area contributed by atoms with Gasteiger partial charge in [-0.2, -0.15) is 0 Å². The topological polar surface area (TPSA) is 59.1 Å². The number of rotatable bonds is 6. The highest BCUT2D eigenvalue weighted by atomic mass is 16.5.